The van der Waals surface area contributed by atoms with Gasteiger partial charge in [0.15, 0.2) is 6.29 Å². The molecule has 0 saturated carbocycles. The van der Waals surface area contributed by atoms with Crippen molar-refractivity contribution in [3.63, 3.8) is 0 Å². The summed E-state index contributed by atoms with van der Waals surface area (Å²) in [7, 11) is 4.05. The molecule has 4 rings (SSSR count). The van der Waals surface area contributed by atoms with Crippen LogP contribution in [0.4, 0.5) is 0 Å². The van der Waals surface area contributed by atoms with Gasteiger partial charge in [-0.05, 0) is 51.6 Å². The highest BCUT2D eigenvalue weighted by Crippen LogP contribution is 2.36. The van der Waals surface area contributed by atoms with Crippen molar-refractivity contribution >= 4 is 35.4 Å². The summed E-state index contributed by atoms with van der Waals surface area (Å²) < 4.78 is 0. The van der Waals surface area contributed by atoms with Crippen LogP contribution in [0, 0.1) is 6.92 Å². The van der Waals surface area contributed by atoms with Crippen LogP contribution in [0.3, 0.4) is 0 Å². The third-order valence-electron chi connectivity index (χ3n) is 7.84. The van der Waals surface area contributed by atoms with E-state index >= 15 is 0 Å². The van der Waals surface area contributed by atoms with Crippen molar-refractivity contribution < 1.29 is 9.59 Å². The Morgan fingerprint density at radius 3 is 2.45 bits per heavy atom. The van der Waals surface area contributed by atoms with Crippen LogP contribution in [0.2, 0.25) is 10.0 Å². The quantitative estimate of drug-likeness (QED) is 0.495. The molecule has 206 valence electrons. The normalized spacial score (nSPS) is 17.8. The predicted octanol–water partition coefficient (Wildman–Crippen LogP) is 3.31. The van der Waals surface area contributed by atoms with E-state index in [-0.39, 0.29) is 19.0 Å². The fourth-order valence-electron chi connectivity index (χ4n) is 5.62. The number of likely N-dealkylation sites (N-methyl/N-ethyl adjacent to an activating group) is 2. The first kappa shape index (κ1) is 28.9. The Balaban J connectivity index is 1.44. The molecule has 2 saturated heterocycles. The van der Waals surface area contributed by atoms with E-state index in [4.69, 9.17) is 33.9 Å². The monoisotopic (exact) mass is 560 g/mol. The lowest BCUT2D eigenvalue weighted by Gasteiger charge is -2.42. The molecule has 1 amide bonds. The van der Waals surface area contributed by atoms with E-state index < -0.39 is 0 Å². The average Bonchev–Trinajstić information content (AvgIpc) is 2.89. The largest absolute Gasteiger partial charge is 0.341 e. The highest BCUT2D eigenvalue weighted by molar-refractivity contribution is 6.36. The van der Waals surface area contributed by atoms with Crippen LogP contribution in [-0.4, -0.2) is 103 Å². The van der Waals surface area contributed by atoms with Crippen LogP contribution < -0.4 is 5.73 Å². The molecule has 2 fully saturated rings. The Labute approximate surface area is 235 Å². The average molecular weight is 562 g/mol. The van der Waals surface area contributed by atoms with Crippen molar-refractivity contribution in [2.24, 2.45) is 5.73 Å². The summed E-state index contributed by atoms with van der Waals surface area (Å²) in [6.07, 6.45) is 2.84. The van der Waals surface area contributed by atoms with Gasteiger partial charge in [0.05, 0.1) is 12.2 Å². The van der Waals surface area contributed by atoms with Crippen LogP contribution in [0.1, 0.15) is 40.2 Å². The molecule has 1 aromatic carbocycles. The minimum absolute atomic E-state index is 0.105. The number of piperazine rings is 1. The summed E-state index contributed by atoms with van der Waals surface area (Å²) >= 11 is 12.6. The van der Waals surface area contributed by atoms with Crippen LogP contribution >= 0.6 is 23.2 Å². The van der Waals surface area contributed by atoms with Crippen molar-refractivity contribution in [3.8, 4) is 11.1 Å². The molecule has 8 nitrogen and oxygen atoms in total. The molecule has 0 spiro atoms. The van der Waals surface area contributed by atoms with Gasteiger partial charge in [-0.3, -0.25) is 24.4 Å². The number of aldehydes is 1. The molecule has 1 aromatic heterocycles. The first-order chi connectivity index (χ1) is 18.2. The van der Waals surface area contributed by atoms with Crippen LogP contribution in [-0.2, 0) is 17.9 Å². The van der Waals surface area contributed by atoms with Gasteiger partial charge in [0, 0.05) is 90.8 Å². The molecule has 38 heavy (non-hydrogen) atoms. The Hall–Kier alpha value is -2.07. The number of aromatic nitrogens is 1. The molecule has 3 heterocycles. The number of carbonyl (C=O) groups is 2. The predicted molar refractivity (Wildman–Crippen MR) is 153 cm³/mol. The highest BCUT2D eigenvalue weighted by atomic mass is 35.5. The van der Waals surface area contributed by atoms with Gasteiger partial charge in [-0.1, -0.05) is 29.3 Å². The van der Waals surface area contributed by atoms with E-state index in [2.05, 4.69) is 16.8 Å². The van der Waals surface area contributed by atoms with Gasteiger partial charge < -0.3 is 15.5 Å². The second-order valence-corrected chi connectivity index (χ2v) is 11.3. The van der Waals surface area contributed by atoms with Crippen molar-refractivity contribution in [2.75, 3.05) is 59.9 Å². The maximum absolute atomic E-state index is 13.1. The number of likely N-dealkylation sites (tertiary alicyclic amines) is 1. The molecule has 0 radical (unpaired) electrons. The topological polar surface area (TPSA) is 86.0 Å². The standard InChI is InChI=1S/C28H38Cl2N6O2/c1-19-23(15-31)28(22-5-4-20(29)14-25(22)30)24(18-37)26(32-19)16-34(3)17-27(38)36-8-6-21(7-9-36)35-12-10-33(2)11-13-35/h4-5,14,18,21H,6-13,15-17,31H2,1-3H3. The maximum Gasteiger partial charge on any atom is 0.236 e. The first-order valence-corrected chi connectivity index (χ1v) is 14.0. The Kier molecular flexibility index (Phi) is 9.79. The minimum Gasteiger partial charge on any atom is -0.341 e. The number of nitrogens with zero attached hydrogens (tertiary/aromatic N) is 5. The number of amides is 1. The third-order valence-corrected chi connectivity index (χ3v) is 8.39. The third kappa shape index (κ3) is 6.55. The number of hydrogen-bond acceptors (Lipinski definition) is 7. The first-order valence-electron chi connectivity index (χ1n) is 13.2. The van der Waals surface area contributed by atoms with E-state index in [9.17, 15) is 9.59 Å². The van der Waals surface area contributed by atoms with Gasteiger partial charge >= 0.3 is 0 Å². The SMILES string of the molecule is Cc1nc(CN(C)CC(=O)N2CCC(N3CCN(C)CC3)CC2)c(C=O)c(-c2ccc(Cl)cc2Cl)c1CN. The van der Waals surface area contributed by atoms with E-state index in [1.165, 1.54) is 0 Å². The fraction of sp³-hybridized carbons (Fsp3) is 0.536. The van der Waals surface area contributed by atoms with E-state index in [1.54, 1.807) is 18.2 Å². The maximum atomic E-state index is 13.1. The van der Waals surface area contributed by atoms with Crippen molar-refractivity contribution in [1.82, 2.24) is 24.6 Å². The van der Waals surface area contributed by atoms with Crippen molar-refractivity contribution in [2.45, 2.75) is 38.9 Å². The lowest BCUT2D eigenvalue weighted by atomic mass is 9.92. The molecule has 0 bridgehead atoms. The molecule has 0 aliphatic carbocycles. The number of pyridine rings is 1. The summed E-state index contributed by atoms with van der Waals surface area (Å²) in [5, 5.41) is 0.952. The van der Waals surface area contributed by atoms with E-state index in [0.717, 1.165) is 69.7 Å². The molecule has 2 aliphatic heterocycles. The van der Waals surface area contributed by atoms with Gasteiger partial charge in [-0.15, -0.1) is 0 Å². The summed E-state index contributed by atoms with van der Waals surface area (Å²) in [6, 6.07) is 5.76. The van der Waals surface area contributed by atoms with Crippen LogP contribution in [0.25, 0.3) is 11.1 Å². The van der Waals surface area contributed by atoms with Crippen molar-refractivity contribution in [1.29, 1.82) is 0 Å². The molecular weight excluding hydrogens is 523 g/mol. The second kappa shape index (κ2) is 12.9. The fourth-order valence-corrected chi connectivity index (χ4v) is 6.13. The van der Waals surface area contributed by atoms with Crippen LogP contribution in [0.5, 0.6) is 0 Å². The summed E-state index contributed by atoms with van der Waals surface area (Å²) in [5.74, 6) is 0.105. The Morgan fingerprint density at radius 2 is 1.84 bits per heavy atom. The number of rotatable bonds is 8. The number of aryl methyl sites for hydroxylation is 1. The van der Waals surface area contributed by atoms with Gasteiger partial charge in [0.25, 0.3) is 0 Å². The zero-order valence-corrected chi connectivity index (χ0v) is 24.1. The Morgan fingerprint density at radius 1 is 1.16 bits per heavy atom. The number of carbonyl (C=O) groups excluding carboxylic acids is 2. The lowest BCUT2D eigenvalue weighted by molar-refractivity contribution is -0.133. The zero-order chi connectivity index (χ0) is 27.4. The summed E-state index contributed by atoms with van der Waals surface area (Å²) in [5.41, 5.74) is 9.97. The molecule has 0 atom stereocenters. The van der Waals surface area contributed by atoms with Gasteiger partial charge in [-0.2, -0.15) is 0 Å². The zero-order valence-electron chi connectivity index (χ0n) is 22.6. The molecule has 10 heteroatoms. The number of hydrogen-bond donors (Lipinski definition) is 1. The van der Waals surface area contributed by atoms with E-state index in [1.807, 2.05) is 23.8 Å². The molecule has 2 aliphatic rings. The van der Waals surface area contributed by atoms with E-state index in [0.29, 0.717) is 45.0 Å². The molecule has 2 N–H and O–H groups in total. The second-order valence-electron chi connectivity index (χ2n) is 10.5. The van der Waals surface area contributed by atoms with Crippen molar-refractivity contribution in [3.05, 3.63) is 50.8 Å². The lowest BCUT2D eigenvalue weighted by Crippen LogP contribution is -2.53. The number of benzene rings is 1. The molecule has 0 unspecified atom stereocenters. The number of halogens is 2. The number of nitrogens with two attached hydrogens (primary N) is 1. The minimum atomic E-state index is 0.105. The molecular formula is C28H38Cl2N6O2. The van der Waals surface area contributed by atoms with Gasteiger partial charge in [0.2, 0.25) is 5.91 Å². The Bertz CT molecular complexity index is 1160. The summed E-state index contributed by atoms with van der Waals surface area (Å²) in [6.45, 7) is 8.70. The smallest absolute Gasteiger partial charge is 0.236 e. The van der Waals surface area contributed by atoms with Crippen LogP contribution in [0.15, 0.2) is 18.2 Å². The van der Waals surface area contributed by atoms with Gasteiger partial charge in [-0.25, -0.2) is 0 Å². The molecule has 2 aromatic rings. The highest BCUT2D eigenvalue weighted by Gasteiger charge is 2.29. The summed E-state index contributed by atoms with van der Waals surface area (Å²) in [4.78, 5) is 39.1. The number of piperidine rings is 1. The van der Waals surface area contributed by atoms with Gasteiger partial charge in [0.1, 0.15) is 0 Å².